The lowest BCUT2D eigenvalue weighted by Crippen LogP contribution is -2.56. The Morgan fingerprint density at radius 3 is 2.41 bits per heavy atom. The molecule has 1 atom stereocenters. The van der Waals surface area contributed by atoms with Crippen LogP contribution in [0.15, 0.2) is 29.2 Å². The number of piperazine rings is 1. The molecule has 0 bridgehead atoms. The maximum Gasteiger partial charge on any atom is 0.407 e. The Morgan fingerprint density at radius 1 is 1.16 bits per heavy atom. The van der Waals surface area contributed by atoms with Crippen LogP contribution in [0, 0.1) is 6.92 Å². The predicted molar refractivity (Wildman–Crippen MR) is 121 cm³/mol. The van der Waals surface area contributed by atoms with Gasteiger partial charge in [0.05, 0.1) is 17.9 Å². The number of carbonyl (C=O) groups excluding carboxylic acids is 2. The summed E-state index contributed by atoms with van der Waals surface area (Å²) in [6, 6.07) is 6.37. The summed E-state index contributed by atoms with van der Waals surface area (Å²) in [5.74, 6) is -0.378. The van der Waals surface area contributed by atoms with E-state index >= 15 is 0 Å². The largest absolute Gasteiger partial charge is 0.466 e. The number of ether oxygens (including phenoxy) is 2. The van der Waals surface area contributed by atoms with Crippen molar-refractivity contribution in [3.63, 3.8) is 0 Å². The number of esters is 1. The zero-order chi connectivity index (χ0) is 23.9. The molecule has 1 saturated heterocycles. The summed E-state index contributed by atoms with van der Waals surface area (Å²) in [6.07, 6.45) is -0.444. The minimum atomic E-state index is -3.67. The van der Waals surface area contributed by atoms with Crippen LogP contribution in [0.2, 0.25) is 0 Å². The average molecular weight is 470 g/mol. The fourth-order valence-electron chi connectivity index (χ4n) is 3.46. The van der Waals surface area contributed by atoms with Gasteiger partial charge in [0, 0.05) is 38.8 Å². The molecule has 1 heterocycles. The van der Waals surface area contributed by atoms with Gasteiger partial charge in [0.2, 0.25) is 10.0 Å². The number of alkyl carbamates (subject to hydrolysis) is 1. The first-order valence-electron chi connectivity index (χ1n) is 10.9. The Morgan fingerprint density at radius 2 is 1.81 bits per heavy atom. The number of carbonyl (C=O) groups is 2. The van der Waals surface area contributed by atoms with Crippen LogP contribution < -0.4 is 5.32 Å². The van der Waals surface area contributed by atoms with Gasteiger partial charge in [-0.15, -0.1) is 0 Å². The molecule has 1 amide bonds. The topological polar surface area (TPSA) is 105 Å². The second-order valence-electron chi connectivity index (χ2n) is 8.80. The van der Waals surface area contributed by atoms with Crippen LogP contribution in [0.5, 0.6) is 0 Å². The molecule has 180 valence electrons. The van der Waals surface area contributed by atoms with Crippen LogP contribution in [0.25, 0.3) is 0 Å². The Balaban J connectivity index is 2.06. The van der Waals surface area contributed by atoms with Gasteiger partial charge in [-0.2, -0.15) is 4.31 Å². The van der Waals surface area contributed by atoms with E-state index in [4.69, 9.17) is 9.47 Å². The van der Waals surface area contributed by atoms with Crippen LogP contribution in [0.4, 0.5) is 4.79 Å². The molecule has 1 aromatic carbocycles. The lowest BCUT2D eigenvalue weighted by atomic mass is 10.1. The standard InChI is InChI=1S/C22H35N3O6S/c1-6-30-20(26)15-18-16-25(32(28,29)19-9-7-17(2)8-10-19)14-13-24(18)12-11-23-21(27)31-22(3,4)5/h7-10,18H,6,11-16H2,1-5H3,(H,23,27). The third-order valence-electron chi connectivity index (χ3n) is 5.00. The predicted octanol–water partition coefficient (Wildman–Crippen LogP) is 2.15. The minimum Gasteiger partial charge on any atom is -0.466 e. The average Bonchev–Trinajstić information content (AvgIpc) is 2.68. The first-order chi connectivity index (χ1) is 14.9. The molecule has 1 aliphatic rings. The molecule has 2 rings (SSSR count). The second kappa shape index (κ2) is 11.1. The summed E-state index contributed by atoms with van der Waals surface area (Å²) in [7, 11) is -3.67. The van der Waals surface area contributed by atoms with E-state index in [1.54, 1.807) is 52.0 Å². The van der Waals surface area contributed by atoms with Gasteiger partial charge in [0.15, 0.2) is 0 Å². The summed E-state index contributed by atoms with van der Waals surface area (Å²) in [5, 5.41) is 2.71. The molecule has 0 aromatic heterocycles. The normalized spacial score (nSPS) is 18.2. The second-order valence-corrected chi connectivity index (χ2v) is 10.7. The number of amides is 1. The van der Waals surface area contributed by atoms with Crippen LogP contribution in [-0.2, 0) is 24.3 Å². The Hall–Kier alpha value is -2.17. The molecule has 1 aliphatic heterocycles. The number of nitrogens with zero attached hydrogens (tertiary/aromatic N) is 2. The van der Waals surface area contributed by atoms with Gasteiger partial charge < -0.3 is 14.8 Å². The van der Waals surface area contributed by atoms with Crippen LogP contribution in [0.3, 0.4) is 0 Å². The lowest BCUT2D eigenvalue weighted by Gasteiger charge is -2.40. The Labute approximate surface area is 191 Å². The maximum atomic E-state index is 13.1. The minimum absolute atomic E-state index is 0.0696. The van der Waals surface area contributed by atoms with Crippen molar-refractivity contribution in [1.29, 1.82) is 0 Å². The molecule has 0 radical (unpaired) electrons. The number of sulfonamides is 1. The summed E-state index contributed by atoms with van der Waals surface area (Å²) < 4.78 is 38.0. The Kier molecular flexibility index (Phi) is 9.06. The van der Waals surface area contributed by atoms with Crippen molar-refractivity contribution in [2.75, 3.05) is 39.3 Å². The van der Waals surface area contributed by atoms with Gasteiger partial charge in [-0.25, -0.2) is 13.2 Å². The fraction of sp³-hybridized carbons (Fsp3) is 0.636. The van der Waals surface area contributed by atoms with Crippen LogP contribution in [0.1, 0.15) is 39.7 Å². The number of hydrogen-bond acceptors (Lipinski definition) is 7. The molecule has 1 N–H and O–H groups in total. The van der Waals surface area contributed by atoms with E-state index in [2.05, 4.69) is 5.32 Å². The molecule has 0 spiro atoms. The van der Waals surface area contributed by atoms with Crippen molar-refractivity contribution >= 4 is 22.1 Å². The molecule has 32 heavy (non-hydrogen) atoms. The van der Waals surface area contributed by atoms with E-state index in [-0.39, 0.29) is 36.5 Å². The quantitative estimate of drug-likeness (QED) is 0.582. The van der Waals surface area contributed by atoms with E-state index < -0.39 is 21.7 Å². The number of nitrogens with one attached hydrogen (secondary N) is 1. The maximum absolute atomic E-state index is 13.1. The van der Waals surface area contributed by atoms with Gasteiger partial charge >= 0.3 is 12.1 Å². The number of rotatable bonds is 8. The fourth-order valence-corrected chi connectivity index (χ4v) is 4.93. The molecule has 1 unspecified atom stereocenters. The van der Waals surface area contributed by atoms with Crippen molar-refractivity contribution < 1.29 is 27.5 Å². The van der Waals surface area contributed by atoms with Crippen molar-refractivity contribution in [3.8, 4) is 0 Å². The first-order valence-corrected chi connectivity index (χ1v) is 12.3. The van der Waals surface area contributed by atoms with E-state index in [1.165, 1.54) is 4.31 Å². The van der Waals surface area contributed by atoms with Crippen molar-refractivity contribution in [3.05, 3.63) is 29.8 Å². The van der Waals surface area contributed by atoms with Gasteiger partial charge in [0.25, 0.3) is 0 Å². The summed E-state index contributed by atoms with van der Waals surface area (Å²) in [4.78, 5) is 26.3. The van der Waals surface area contributed by atoms with E-state index in [1.807, 2.05) is 11.8 Å². The molecule has 10 heteroatoms. The highest BCUT2D eigenvalue weighted by molar-refractivity contribution is 7.89. The first kappa shape index (κ1) is 26.1. The highest BCUT2D eigenvalue weighted by Crippen LogP contribution is 2.22. The molecule has 9 nitrogen and oxygen atoms in total. The van der Waals surface area contributed by atoms with E-state index in [0.29, 0.717) is 26.2 Å². The number of hydrogen-bond donors (Lipinski definition) is 1. The number of aryl methyl sites for hydroxylation is 1. The smallest absolute Gasteiger partial charge is 0.407 e. The lowest BCUT2D eigenvalue weighted by molar-refractivity contribution is -0.145. The van der Waals surface area contributed by atoms with Crippen molar-refractivity contribution in [2.24, 2.45) is 0 Å². The van der Waals surface area contributed by atoms with Crippen LogP contribution >= 0.6 is 0 Å². The third-order valence-corrected chi connectivity index (χ3v) is 6.88. The van der Waals surface area contributed by atoms with Gasteiger partial charge in [-0.1, -0.05) is 17.7 Å². The molecule has 1 fully saturated rings. The van der Waals surface area contributed by atoms with Gasteiger partial charge in [-0.05, 0) is 46.8 Å². The molecular formula is C22H35N3O6S. The summed E-state index contributed by atoms with van der Waals surface area (Å²) >= 11 is 0. The van der Waals surface area contributed by atoms with E-state index in [0.717, 1.165) is 5.56 Å². The zero-order valence-corrected chi connectivity index (χ0v) is 20.4. The number of benzene rings is 1. The van der Waals surface area contributed by atoms with E-state index in [9.17, 15) is 18.0 Å². The van der Waals surface area contributed by atoms with Gasteiger partial charge in [-0.3, -0.25) is 9.69 Å². The third kappa shape index (κ3) is 7.75. The van der Waals surface area contributed by atoms with Gasteiger partial charge in [0.1, 0.15) is 5.60 Å². The highest BCUT2D eigenvalue weighted by atomic mass is 32.2. The molecular weight excluding hydrogens is 434 g/mol. The Bertz CT molecular complexity index is 880. The molecule has 1 aromatic rings. The molecule has 0 saturated carbocycles. The SMILES string of the molecule is CCOC(=O)CC1CN(S(=O)(=O)c2ccc(C)cc2)CCN1CCNC(=O)OC(C)(C)C. The summed E-state index contributed by atoms with van der Waals surface area (Å²) in [5.41, 5.74) is 0.387. The van der Waals surface area contributed by atoms with Crippen LogP contribution in [-0.4, -0.2) is 80.7 Å². The highest BCUT2D eigenvalue weighted by Gasteiger charge is 2.35. The zero-order valence-electron chi connectivity index (χ0n) is 19.6. The summed E-state index contributed by atoms with van der Waals surface area (Å²) in [6.45, 7) is 10.9. The monoisotopic (exact) mass is 469 g/mol. The van der Waals surface area contributed by atoms with Crippen molar-refractivity contribution in [1.82, 2.24) is 14.5 Å². The van der Waals surface area contributed by atoms with Crippen molar-refractivity contribution in [2.45, 2.75) is 57.6 Å². The molecule has 0 aliphatic carbocycles.